The third-order valence-electron chi connectivity index (χ3n) is 4.08. The molecule has 27 heavy (non-hydrogen) atoms. The Kier molecular flexibility index (Phi) is 7.54. The third-order valence-corrected chi connectivity index (χ3v) is 4.34. The van der Waals surface area contributed by atoms with Crippen LogP contribution in [0, 0.1) is 12.3 Å². The van der Waals surface area contributed by atoms with Crippen molar-refractivity contribution in [3.05, 3.63) is 58.6 Å². The predicted molar refractivity (Wildman–Crippen MR) is 105 cm³/mol. The molecule has 2 N–H and O–H groups in total. The number of benzene rings is 2. The fourth-order valence-electron chi connectivity index (χ4n) is 2.49. The molecule has 6 heteroatoms. The highest BCUT2D eigenvalue weighted by molar-refractivity contribution is 6.30. The number of ether oxygens (including phenoxy) is 2. The Labute approximate surface area is 164 Å². The second kappa shape index (κ2) is 9.86. The first kappa shape index (κ1) is 20.6. The van der Waals surface area contributed by atoms with Gasteiger partial charge >= 0.3 is 0 Å². The van der Waals surface area contributed by atoms with Crippen molar-refractivity contribution in [2.45, 2.75) is 18.9 Å². The van der Waals surface area contributed by atoms with E-state index in [1.807, 2.05) is 19.1 Å². The van der Waals surface area contributed by atoms with Gasteiger partial charge in [0, 0.05) is 11.6 Å². The summed E-state index contributed by atoms with van der Waals surface area (Å²) >= 11 is 5.82. The summed E-state index contributed by atoms with van der Waals surface area (Å²) in [6.45, 7) is 2.48. The number of aliphatic hydroxyl groups excluding tert-OH is 1. The van der Waals surface area contributed by atoms with Crippen LogP contribution in [0.15, 0.2) is 42.5 Å². The topological polar surface area (TPSA) is 67.8 Å². The molecule has 2 rings (SSSR count). The van der Waals surface area contributed by atoms with Gasteiger partial charge in [-0.2, -0.15) is 0 Å². The van der Waals surface area contributed by atoms with Gasteiger partial charge in [-0.15, -0.1) is 6.42 Å². The Bertz CT molecular complexity index is 814. The van der Waals surface area contributed by atoms with Crippen LogP contribution < -0.4 is 14.8 Å². The first-order valence-corrected chi connectivity index (χ1v) is 8.79. The summed E-state index contributed by atoms with van der Waals surface area (Å²) in [5.41, 5.74) is 1.45. The molecule has 0 spiro atoms. The van der Waals surface area contributed by atoms with Crippen molar-refractivity contribution in [2.24, 2.45) is 0 Å². The van der Waals surface area contributed by atoms with Crippen LogP contribution in [0.4, 0.5) is 0 Å². The standard InChI is InChI=1S/C21H22ClNO4/c1-4-11-27-18-10-7-16(12-19(18)26-3)14(2)13-23-21(25)20(24)15-5-8-17(22)9-6-15/h1,5-10,12,14,20,24H,11,13H2,2-3H3,(H,23,25)/t14?,20-/m1/s1. The molecule has 0 aliphatic carbocycles. The summed E-state index contributed by atoms with van der Waals surface area (Å²) in [6, 6.07) is 12.0. The summed E-state index contributed by atoms with van der Waals surface area (Å²) in [6.07, 6.45) is 3.96. The molecule has 5 nitrogen and oxygen atoms in total. The lowest BCUT2D eigenvalue weighted by molar-refractivity contribution is -0.129. The fraction of sp³-hybridized carbons (Fsp3) is 0.286. The van der Waals surface area contributed by atoms with Crippen molar-refractivity contribution < 1.29 is 19.4 Å². The summed E-state index contributed by atoms with van der Waals surface area (Å²) in [5, 5.41) is 13.5. The highest BCUT2D eigenvalue weighted by atomic mass is 35.5. The Balaban J connectivity index is 1.98. The van der Waals surface area contributed by atoms with Gasteiger partial charge in [0.05, 0.1) is 7.11 Å². The van der Waals surface area contributed by atoms with Crippen LogP contribution in [0.3, 0.4) is 0 Å². The van der Waals surface area contributed by atoms with Gasteiger partial charge in [-0.25, -0.2) is 0 Å². The molecule has 0 bridgehead atoms. The van der Waals surface area contributed by atoms with Crippen LogP contribution in [0.2, 0.25) is 5.02 Å². The van der Waals surface area contributed by atoms with Gasteiger partial charge in [0.25, 0.3) is 5.91 Å². The largest absolute Gasteiger partial charge is 0.493 e. The van der Waals surface area contributed by atoms with Gasteiger partial charge in [0.1, 0.15) is 6.61 Å². The van der Waals surface area contributed by atoms with E-state index in [4.69, 9.17) is 27.5 Å². The van der Waals surface area contributed by atoms with Crippen molar-refractivity contribution in [3.63, 3.8) is 0 Å². The lowest BCUT2D eigenvalue weighted by Gasteiger charge is -2.17. The monoisotopic (exact) mass is 387 g/mol. The van der Waals surface area contributed by atoms with Crippen molar-refractivity contribution in [1.29, 1.82) is 0 Å². The Hall–Kier alpha value is -2.68. The maximum absolute atomic E-state index is 12.2. The minimum Gasteiger partial charge on any atom is -0.493 e. The molecule has 0 aromatic heterocycles. The van der Waals surface area contributed by atoms with E-state index in [2.05, 4.69) is 11.2 Å². The zero-order valence-corrected chi connectivity index (χ0v) is 16.0. The van der Waals surface area contributed by atoms with Crippen molar-refractivity contribution >= 4 is 17.5 Å². The first-order chi connectivity index (χ1) is 13.0. The molecule has 0 aliphatic heterocycles. The number of halogens is 1. The Morgan fingerprint density at radius 3 is 2.52 bits per heavy atom. The molecule has 0 radical (unpaired) electrons. The number of aliphatic hydroxyl groups is 1. The molecule has 0 aliphatic rings. The zero-order chi connectivity index (χ0) is 19.8. The van der Waals surface area contributed by atoms with E-state index in [0.29, 0.717) is 28.6 Å². The van der Waals surface area contributed by atoms with E-state index in [0.717, 1.165) is 5.56 Å². The van der Waals surface area contributed by atoms with Crippen LogP contribution in [0.25, 0.3) is 0 Å². The average molecular weight is 388 g/mol. The van der Waals surface area contributed by atoms with E-state index in [1.54, 1.807) is 37.4 Å². The molecule has 2 aromatic carbocycles. The van der Waals surface area contributed by atoms with E-state index in [1.165, 1.54) is 0 Å². The molecule has 2 aromatic rings. The van der Waals surface area contributed by atoms with Crippen LogP contribution >= 0.6 is 11.6 Å². The fourth-order valence-corrected chi connectivity index (χ4v) is 2.62. The summed E-state index contributed by atoms with van der Waals surface area (Å²) < 4.78 is 10.8. The number of rotatable bonds is 8. The number of terminal acetylenes is 1. The highest BCUT2D eigenvalue weighted by Crippen LogP contribution is 2.30. The molecule has 2 atom stereocenters. The van der Waals surface area contributed by atoms with Crippen LogP contribution in [-0.4, -0.2) is 31.3 Å². The minimum absolute atomic E-state index is 0.00181. The van der Waals surface area contributed by atoms with Crippen LogP contribution in [0.1, 0.15) is 30.1 Å². The van der Waals surface area contributed by atoms with E-state index in [9.17, 15) is 9.90 Å². The van der Waals surface area contributed by atoms with E-state index >= 15 is 0 Å². The van der Waals surface area contributed by atoms with E-state index in [-0.39, 0.29) is 12.5 Å². The second-order valence-corrected chi connectivity index (χ2v) is 6.44. The van der Waals surface area contributed by atoms with Gasteiger partial charge in [0.15, 0.2) is 17.6 Å². The smallest absolute Gasteiger partial charge is 0.253 e. The quantitative estimate of drug-likeness (QED) is 0.682. The zero-order valence-electron chi connectivity index (χ0n) is 15.2. The van der Waals surface area contributed by atoms with Gasteiger partial charge in [-0.05, 0) is 41.3 Å². The average Bonchev–Trinajstić information content (AvgIpc) is 2.70. The molecule has 0 heterocycles. The molecule has 1 unspecified atom stereocenters. The number of amides is 1. The lowest BCUT2D eigenvalue weighted by atomic mass is 10.00. The number of hydrogen-bond donors (Lipinski definition) is 2. The molecule has 1 amide bonds. The third kappa shape index (κ3) is 5.65. The number of hydrogen-bond acceptors (Lipinski definition) is 4. The first-order valence-electron chi connectivity index (χ1n) is 8.41. The van der Waals surface area contributed by atoms with Crippen LogP contribution in [0.5, 0.6) is 11.5 Å². The summed E-state index contributed by atoms with van der Waals surface area (Å²) in [7, 11) is 1.55. The number of nitrogens with one attached hydrogen (secondary N) is 1. The number of carbonyl (C=O) groups is 1. The summed E-state index contributed by atoms with van der Waals surface area (Å²) in [5.74, 6) is 3.08. The molecule has 0 saturated heterocycles. The number of carbonyl (C=O) groups excluding carboxylic acids is 1. The Morgan fingerprint density at radius 2 is 1.89 bits per heavy atom. The second-order valence-electron chi connectivity index (χ2n) is 6.00. The normalized spacial score (nSPS) is 12.6. The summed E-state index contributed by atoms with van der Waals surface area (Å²) in [4.78, 5) is 12.2. The van der Waals surface area contributed by atoms with Gasteiger partial charge in [0.2, 0.25) is 0 Å². The SMILES string of the molecule is C#CCOc1ccc(C(C)CNC(=O)[C@H](O)c2ccc(Cl)cc2)cc1OC. The lowest BCUT2D eigenvalue weighted by Crippen LogP contribution is -2.32. The van der Waals surface area contributed by atoms with Crippen molar-refractivity contribution in [3.8, 4) is 23.8 Å². The molecular weight excluding hydrogens is 366 g/mol. The highest BCUT2D eigenvalue weighted by Gasteiger charge is 2.18. The van der Waals surface area contributed by atoms with Gasteiger partial charge in [-0.3, -0.25) is 4.79 Å². The Morgan fingerprint density at radius 1 is 1.22 bits per heavy atom. The van der Waals surface area contributed by atoms with Gasteiger partial charge < -0.3 is 19.9 Å². The molecule has 142 valence electrons. The molecular formula is C21H22ClNO4. The maximum Gasteiger partial charge on any atom is 0.253 e. The number of methoxy groups -OCH3 is 1. The predicted octanol–water partition coefficient (Wildman–Crippen LogP) is 3.31. The van der Waals surface area contributed by atoms with Crippen molar-refractivity contribution in [1.82, 2.24) is 5.32 Å². The van der Waals surface area contributed by atoms with Gasteiger partial charge in [-0.1, -0.05) is 42.6 Å². The minimum atomic E-state index is -1.25. The van der Waals surface area contributed by atoms with Crippen LogP contribution in [-0.2, 0) is 4.79 Å². The molecule has 0 fully saturated rings. The molecule has 0 saturated carbocycles. The maximum atomic E-state index is 12.2. The van der Waals surface area contributed by atoms with E-state index < -0.39 is 12.0 Å². The van der Waals surface area contributed by atoms with Crippen molar-refractivity contribution in [2.75, 3.05) is 20.3 Å².